The number of hydrogen-bond acceptors (Lipinski definition) is 6. The predicted octanol–water partition coefficient (Wildman–Crippen LogP) is -0.395. The van der Waals surface area contributed by atoms with Gasteiger partial charge in [0.25, 0.3) is 0 Å². The average Bonchev–Trinajstić information content (AvgIpc) is 2.48. The van der Waals surface area contributed by atoms with Gasteiger partial charge >= 0.3 is 5.97 Å². The number of carbonyl (C=O) groups excluding carboxylic acids is 1. The summed E-state index contributed by atoms with van der Waals surface area (Å²) in [6.07, 6.45) is 0. The third-order valence-corrected chi connectivity index (χ3v) is 2.98. The third kappa shape index (κ3) is 3.63. The fraction of sp³-hybridized carbons (Fsp3) is 0.500. The van der Waals surface area contributed by atoms with Gasteiger partial charge in [0.05, 0.1) is 18.0 Å². The van der Waals surface area contributed by atoms with Gasteiger partial charge in [-0.05, 0) is 13.8 Å². The lowest BCUT2D eigenvalue weighted by Crippen LogP contribution is -2.24. The number of nitrogens with one attached hydrogen (secondary N) is 2. The molecule has 0 atom stereocenters. The molecule has 0 aliphatic rings. The van der Waals surface area contributed by atoms with Gasteiger partial charge in [0, 0.05) is 0 Å². The summed E-state index contributed by atoms with van der Waals surface area (Å²) in [4.78, 5) is 11.0. The van der Waals surface area contributed by atoms with Gasteiger partial charge in [-0.1, -0.05) is 0 Å². The molecular formula is C8H14N4O4S. The topological polar surface area (TPSA) is 127 Å². The summed E-state index contributed by atoms with van der Waals surface area (Å²) in [6, 6.07) is 0. The normalized spacial score (nSPS) is 11.2. The highest BCUT2D eigenvalue weighted by Gasteiger charge is 2.20. The number of hydrogen-bond donors (Lipinski definition) is 3. The maximum Gasteiger partial charge on any atom is 0.323 e. The first kappa shape index (κ1) is 13.3. The van der Waals surface area contributed by atoms with Crippen LogP contribution in [-0.4, -0.2) is 36.9 Å². The first-order valence-corrected chi connectivity index (χ1v) is 6.47. The van der Waals surface area contributed by atoms with Crippen molar-refractivity contribution in [1.82, 2.24) is 10.2 Å². The number of aromatic nitrogens is 2. The molecule has 0 aromatic carbocycles. The molecule has 1 heterocycles. The van der Waals surface area contributed by atoms with Crippen molar-refractivity contribution in [3.8, 4) is 0 Å². The molecule has 0 amide bonds. The van der Waals surface area contributed by atoms with E-state index in [1.54, 1.807) is 13.8 Å². The molecule has 0 bridgehead atoms. The number of nitrogens with two attached hydrogens (primary N) is 1. The summed E-state index contributed by atoms with van der Waals surface area (Å²) < 4.78 is 29.7. The van der Waals surface area contributed by atoms with Crippen molar-refractivity contribution in [2.24, 2.45) is 0 Å². The molecule has 0 saturated carbocycles. The first-order valence-electron chi connectivity index (χ1n) is 4.82. The molecule has 4 N–H and O–H groups in total. The lowest BCUT2D eigenvalue weighted by Gasteiger charge is -2.05. The van der Waals surface area contributed by atoms with Gasteiger partial charge in [0.1, 0.15) is 0 Å². The van der Waals surface area contributed by atoms with Crippen LogP contribution in [-0.2, 0) is 19.6 Å². The van der Waals surface area contributed by atoms with Gasteiger partial charge in [-0.15, -0.1) is 0 Å². The van der Waals surface area contributed by atoms with Crippen molar-refractivity contribution in [2.75, 3.05) is 22.8 Å². The fourth-order valence-corrected chi connectivity index (χ4v) is 1.97. The number of carbonyl (C=O) groups is 1. The number of esters is 1. The molecule has 96 valence electrons. The van der Waals surface area contributed by atoms with E-state index >= 15 is 0 Å². The third-order valence-electron chi connectivity index (χ3n) is 1.86. The number of sulfonamides is 1. The molecule has 0 aliphatic heterocycles. The Labute approximate surface area is 98.6 Å². The van der Waals surface area contributed by atoms with Crippen molar-refractivity contribution < 1.29 is 17.9 Å². The Hall–Kier alpha value is -1.77. The molecule has 9 heteroatoms. The minimum Gasteiger partial charge on any atom is -0.465 e. The van der Waals surface area contributed by atoms with Crippen molar-refractivity contribution in [3.05, 3.63) is 5.69 Å². The molecule has 0 unspecified atom stereocenters. The molecule has 0 saturated heterocycles. The van der Waals surface area contributed by atoms with Gasteiger partial charge < -0.3 is 10.5 Å². The van der Waals surface area contributed by atoms with Crippen LogP contribution in [0.3, 0.4) is 0 Å². The van der Waals surface area contributed by atoms with Crippen LogP contribution < -0.4 is 10.5 Å². The highest BCUT2D eigenvalue weighted by Crippen LogP contribution is 2.19. The van der Waals surface area contributed by atoms with Crippen LogP contribution in [0.2, 0.25) is 0 Å². The second-order valence-electron chi connectivity index (χ2n) is 3.28. The number of H-pyrrole nitrogens is 1. The van der Waals surface area contributed by atoms with E-state index in [-0.39, 0.29) is 18.1 Å². The maximum absolute atomic E-state index is 11.5. The van der Waals surface area contributed by atoms with E-state index in [1.165, 1.54) is 0 Å². The number of anilines is 2. The van der Waals surface area contributed by atoms with E-state index < -0.39 is 21.7 Å². The van der Waals surface area contributed by atoms with Crippen molar-refractivity contribution >= 4 is 27.5 Å². The second kappa shape index (κ2) is 5.04. The fourth-order valence-electron chi connectivity index (χ4n) is 1.06. The summed E-state index contributed by atoms with van der Waals surface area (Å²) in [5.41, 5.74) is 6.30. The monoisotopic (exact) mass is 262 g/mol. The average molecular weight is 262 g/mol. The maximum atomic E-state index is 11.5. The molecule has 8 nitrogen and oxygen atoms in total. The van der Waals surface area contributed by atoms with E-state index in [0.717, 1.165) is 0 Å². The van der Waals surface area contributed by atoms with E-state index in [4.69, 9.17) is 5.73 Å². The van der Waals surface area contributed by atoms with Gasteiger partial charge in [0.15, 0.2) is 11.6 Å². The van der Waals surface area contributed by atoms with Crippen LogP contribution in [0.1, 0.15) is 12.6 Å². The van der Waals surface area contributed by atoms with Crippen LogP contribution >= 0.6 is 0 Å². The van der Waals surface area contributed by atoms with Crippen molar-refractivity contribution in [3.63, 3.8) is 0 Å². The van der Waals surface area contributed by atoms with E-state index in [1.807, 2.05) is 0 Å². The number of nitrogens with zero attached hydrogens (tertiary/aromatic N) is 1. The molecule has 17 heavy (non-hydrogen) atoms. The van der Waals surface area contributed by atoms with Crippen molar-refractivity contribution in [1.29, 1.82) is 0 Å². The van der Waals surface area contributed by atoms with Gasteiger partial charge in [-0.3, -0.25) is 14.6 Å². The smallest absolute Gasteiger partial charge is 0.323 e. The summed E-state index contributed by atoms with van der Waals surface area (Å²) in [6.45, 7) is 3.36. The highest BCUT2D eigenvalue weighted by atomic mass is 32.2. The predicted molar refractivity (Wildman–Crippen MR) is 61.8 cm³/mol. The minimum atomic E-state index is -3.85. The molecule has 1 aromatic heterocycles. The zero-order chi connectivity index (χ0) is 13.1. The van der Waals surface area contributed by atoms with Crippen LogP contribution in [0.25, 0.3) is 0 Å². The number of ether oxygens (including phenoxy) is 1. The molecule has 0 spiro atoms. The van der Waals surface area contributed by atoms with E-state index in [9.17, 15) is 13.2 Å². The Morgan fingerprint density at radius 2 is 2.24 bits per heavy atom. The van der Waals surface area contributed by atoms with Crippen LogP contribution in [0, 0.1) is 6.92 Å². The molecule has 0 fully saturated rings. The summed E-state index contributed by atoms with van der Waals surface area (Å²) in [5.74, 6) is -1.62. The quantitative estimate of drug-likeness (QED) is 0.620. The number of aromatic amines is 1. The summed E-state index contributed by atoms with van der Waals surface area (Å²) in [7, 11) is -3.85. The highest BCUT2D eigenvalue weighted by molar-refractivity contribution is 7.93. The van der Waals surface area contributed by atoms with Gasteiger partial charge in [-0.2, -0.15) is 5.10 Å². The number of aryl methyl sites for hydroxylation is 1. The lowest BCUT2D eigenvalue weighted by atomic mass is 10.4. The Morgan fingerprint density at radius 1 is 1.59 bits per heavy atom. The number of rotatable bonds is 5. The van der Waals surface area contributed by atoms with E-state index in [2.05, 4.69) is 19.7 Å². The van der Waals surface area contributed by atoms with Crippen LogP contribution in [0.4, 0.5) is 11.5 Å². The van der Waals surface area contributed by atoms with E-state index in [0.29, 0.717) is 5.69 Å². The first-order chi connectivity index (χ1) is 7.85. The zero-order valence-electron chi connectivity index (χ0n) is 9.48. The minimum absolute atomic E-state index is 0.0215. The standard InChI is InChI=1S/C8H14N4O4S/c1-3-16-6(13)4-17(14,15)12-8-7(9)5(2)10-11-8/h3-4,9H2,1-2H3,(H2,10,11,12). The molecule has 0 aliphatic carbocycles. The largest absolute Gasteiger partial charge is 0.465 e. The van der Waals surface area contributed by atoms with Gasteiger partial charge in [0.2, 0.25) is 10.0 Å². The molecule has 0 radical (unpaired) electrons. The molecule has 1 aromatic rings. The Kier molecular flexibility index (Phi) is 3.94. The van der Waals surface area contributed by atoms with Gasteiger partial charge in [-0.25, -0.2) is 8.42 Å². The summed E-state index contributed by atoms with van der Waals surface area (Å²) in [5, 5.41) is 6.18. The summed E-state index contributed by atoms with van der Waals surface area (Å²) >= 11 is 0. The SMILES string of the molecule is CCOC(=O)CS(=O)(=O)Nc1n[nH]c(C)c1N. The Balaban J connectivity index is 2.74. The molecular weight excluding hydrogens is 248 g/mol. The zero-order valence-corrected chi connectivity index (χ0v) is 10.3. The Morgan fingerprint density at radius 3 is 2.71 bits per heavy atom. The Bertz CT molecular complexity index is 508. The number of nitrogen functional groups attached to an aromatic ring is 1. The second-order valence-corrected chi connectivity index (χ2v) is 5.00. The molecule has 1 rings (SSSR count). The van der Waals surface area contributed by atoms with Crippen molar-refractivity contribution in [2.45, 2.75) is 13.8 Å². The van der Waals surface area contributed by atoms with Crippen LogP contribution in [0.15, 0.2) is 0 Å². The van der Waals surface area contributed by atoms with Crippen LogP contribution in [0.5, 0.6) is 0 Å². The lowest BCUT2D eigenvalue weighted by molar-refractivity contribution is -0.139.